The molecule has 0 spiro atoms. The highest BCUT2D eigenvalue weighted by Crippen LogP contribution is 2.30. The molecule has 0 amide bonds. The molecule has 7 nitrogen and oxygen atoms in total. The van der Waals surface area contributed by atoms with Crippen molar-refractivity contribution in [2.45, 2.75) is 9.79 Å². The van der Waals surface area contributed by atoms with Gasteiger partial charge in [0.05, 0.1) is 16.9 Å². The Kier molecular flexibility index (Phi) is 6.59. The molecule has 156 valence electrons. The molecule has 0 aliphatic rings. The number of halogens is 1. The Morgan fingerprint density at radius 1 is 0.900 bits per heavy atom. The number of hydrogen-bond acceptors (Lipinski definition) is 7. The molecule has 3 aromatic rings. The molecule has 2 aromatic carbocycles. The van der Waals surface area contributed by atoms with E-state index in [1.54, 1.807) is 18.2 Å². The van der Waals surface area contributed by atoms with Gasteiger partial charge < -0.3 is 10.1 Å². The van der Waals surface area contributed by atoms with Crippen molar-refractivity contribution in [2.24, 2.45) is 0 Å². The first-order valence-electron chi connectivity index (χ1n) is 8.53. The average Bonchev–Trinajstić information content (AvgIpc) is 2.75. The summed E-state index contributed by atoms with van der Waals surface area (Å²) in [6, 6.07) is 16.1. The van der Waals surface area contributed by atoms with Gasteiger partial charge in [0.2, 0.25) is 19.7 Å². The van der Waals surface area contributed by atoms with E-state index in [0.717, 1.165) is 10.7 Å². The third-order valence-corrected chi connectivity index (χ3v) is 8.88. The zero-order valence-electron chi connectivity index (χ0n) is 15.7. The Morgan fingerprint density at radius 2 is 1.50 bits per heavy atom. The second kappa shape index (κ2) is 8.99. The summed E-state index contributed by atoms with van der Waals surface area (Å²) in [7, 11) is -7.30. The van der Waals surface area contributed by atoms with E-state index in [9.17, 15) is 16.8 Å². The summed E-state index contributed by atoms with van der Waals surface area (Å²) in [4.78, 5) is 3.75. The largest absolute Gasteiger partial charge is 0.497 e. The van der Waals surface area contributed by atoms with Crippen molar-refractivity contribution < 1.29 is 21.6 Å². The minimum absolute atomic E-state index is 0.140. The van der Waals surface area contributed by atoms with Crippen LogP contribution in [-0.4, -0.2) is 28.9 Å². The Bertz CT molecular complexity index is 1260. The number of ether oxygens (including phenoxy) is 1. The van der Waals surface area contributed by atoms with Crippen molar-refractivity contribution in [3.05, 3.63) is 87.8 Å². The van der Waals surface area contributed by atoms with E-state index >= 15 is 0 Å². The number of rotatable bonds is 7. The van der Waals surface area contributed by atoms with Gasteiger partial charge in [0, 0.05) is 16.9 Å². The standard InChI is InChI=1S/C20H17BrN2O5S2/c1-28-16-8-10-18(11-9-16)30(26,27)20(14-23-19-12-7-15(21)13-22-19)29(24,25)17-5-3-2-4-6-17/h2-14H,1H3,(H,22,23). The SMILES string of the molecule is COc1ccc(S(=O)(=O)C(=CNc2ccc(Br)cn2)S(=O)(=O)c2ccccc2)cc1. The molecule has 0 saturated carbocycles. The number of aromatic nitrogens is 1. The van der Waals surface area contributed by atoms with Gasteiger partial charge >= 0.3 is 0 Å². The van der Waals surface area contributed by atoms with E-state index in [4.69, 9.17) is 4.74 Å². The van der Waals surface area contributed by atoms with Crippen LogP contribution in [-0.2, 0) is 19.7 Å². The Balaban J connectivity index is 2.13. The van der Waals surface area contributed by atoms with Crippen molar-refractivity contribution in [3.8, 4) is 5.75 Å². The average molecular weight is 509 g/mol. The first-order chi connectivity index (χ1) is 14.2. The van der Waals surface area contributed by atoms with Crippen LogP contribution >= 0.6 is 15.9 Å². The van der Waals surface area contributed by atoms with Gasteiger partial charge in [0.15, 0.2) is 4.24 Å². The maximum absolute atomic E-state index is 13.3. The number of benzene rings is 2. The van der Waals surface area contributed by atoms with Gasteiger partial charge in [-0.1, -0.05) is 18.2 Å². The highest BCUT2D eigenvalue weighted by Gasteiger charge is 2.33. The van der Waals surface area contributed by atoms with Crippen LogP contribution in [0.4, 0.5) is 5.82 Å². The molecule has 0 radical (unpaired) electrons. The minimum atomic E-state index is -4.39. The normalized spacial score (nSPS) is 12.4. The fourth-order valence-electron chi connectivity index (χ4n) is 2.48. The fourth-order valence-corrected chi connectivity index (χ4v) is 6.35. The van der Waals surface area contributed by atoms with Crippen LogP contribution < -0.4 is 10.1 Å². The molecule has 0 aliphatic heterocycles. The summed E-state index contributed by atoms with van der Waals surface area (Å²) < 4.78 is 57.9. The lowest BCUT2D eigenvalue weighted by atomic mass is 10.3. The third-order valence-electron chi connectivity index (χ3n) is 4.02. The van der Waals surface area contributed by atoms with E-state index in [0.29, 0.717) is 5.75 Å². The maximum Gasteiger partial charge on any atom is 0.219 e. The quantitative estimate of drug-likeness (QED) is 0.514. The maximum atomic E-state index is 13.3. The Hall–Kier alpha value is -2.69. The van der Waals surface area contributed by atoms with Crippen LogP contribution in [0.3, 0.4) is 0 Å². The zero-order chi connectivity index (χ0) is 21.8. The summed E-state index contributed by atoms with van der Waals surface area (Å²) in [5.41, 5.74) is 0. The summed E-state index contributed by atoms with van der Waals surface area (Å²) in [5, 5.41) is 2.67. The molecule has 10 heteroatoms. The monoisotopic (exact) mass is 508 g/mol. The van der Waals surface area contributed by atoms with Crippen LogP contribution in [0.5, 0.6) is 5.75 Å². The van der Waals surface area contributed by atoms with Gasteiger partial charge in [-0.25, -0.2) is 21.8 Å². The van der Waals surface area contributed by atoms with E-state index < -0.39 is 23.9 Å². The number of nitrogens with one attached hydrogen (secondary N) is 1. The molecule has 0 saturated heterocycles. The molecule has 0 atom stereocenters. The number of sulfone groups is 2. The van der Waals surface area contributed by atoms with Gasteiger partial charge in [-0.05, 0) is 64.5 Å². The van der Waals surface area contributed by atoms with E-state index in [2.05, 4.69) is 26.2 Å². The van der Waals surface area contributed by atoms with Crippen LogP contribution in [0.15, 0.2) is 97.6 Å². The van der Waals surface area contributed by atoms with Crippen LogP contribution in [0.1, 0.15) is 0 Å². The van der Waals surface area contributed by atoms with Crippen molar-refractivity contribution in [2.75, 3.05) is 12.4 Å². The van der Waals surface area contributed by atoms with Crippen LogP contribution in [0, 0.1) is 0 Å². The lowest BCUT2D eigenvalue weighted by molar-refractivity contribution is 0.414. The van der Waals surface area contributed by atoms with Crippen molar-refractivity contribution in [1.82, 2.24) is 4.98 Å². The molecule has 1 aromatic heterocycles. The van der Waals surface area contributed by atoms with Crippen molar-refractivity contribution >= 4 is 41.4 Å². The lowest BCUT2D eigenvalue weighted by Gasteiger charge is -2.12. The zero-order valence-corrected chi connectivity index (χ0v) is 18.9. The first-order valence-corrected chi connectivity index (χ1v) is 12.3. The van der Waals surface area contributed by atoms with Crippen LogP contribution in [0.2, 0.25) is 0 Å². The molecule has 3 rings (SSSR count). The lowest BCUT2D eigenvalue weighted by Crippen LogP contribution is -2.16. The number of methoxy groups -OCH3 is 1. The third kappa shape index (κ3) is 4.72. The van der Waals surface area contributed by atoms with Crippen molar-refractivity contribution in [1.29, 1.82) is 0 Å². The number of pyridine rings is 1. The van der Waals surface area contributed by atoms with Gasteiger partial charge in [0.25, 0.3) is 0 Å². The molecular formula is C20H17BrN2O5S2. The molecule has 30 heavy (non-hydrogen) atoms. The molecule has 0 unspecified atom stereocenters. The predicted octanol–water partition coefficient (Wildman–Crippen LogP) is 4.01. The fraction of sp³-hybridized carbons (Fsp3) is 0.0500. The number of nitrogens with zero attached hydrogens (tertiary/aromatic N) is 1. The second-order valence-electron chi connectivity index (χ2n) is 5.96. The second-order valence-corrected chi connectivity index (χ2v) is 11.0. The molecular weight excluding hydrogens is 492 g/mol. The molecule has 1 heterocycles. The minimum Gasteiger partial charge on any atom is -0.497 e. The molecule has 1 N–H and O–H groups in total. The Morgan fingerprint density at radius 3 is 2.03 bits per heavy atom. The summed E-state index contributed by atoms with van der Waals surface area (Å²) in [5.74, 6) is 0.728. The first kappa shape index (κ1) is 22.0. The van der Waals surface area contributed by atoms with Gasteiger partial charge in [-0.2, -0.15) is 0 Å². The molecule has 0 bridgehead atoms. The van der Waals surface area contributed by atoms with Crippen LogP contribution in [0.25, 0.3) is 0 Å². The number of hydrogen-bond donors (Lipinski definition) is 1. The Labute approximate surface area is 183 Å². The van der Waals surface area contributed by atoms with Gasteiger partial charge in [0.1, 0.15) is 11.6 Å². The summed E-state index contributed by atoms with van der Waals surface area (Å²) in [6.07, 6.45) is 2.44. The molecule has 0 aliphatic carbocycles. The van der Waals surface area contributed by atoms with Gasteiger partial charge in [-0.3, -0.25) is 0 Å². The summed E-state index contributed by atoms with van der Waals surface area (Å²) >= 11 is 3.25. The highest BCUT2D eigenvalue weighted by molar-refractivity contribution is 9.10. The van der Waals surface area contributed by atoms with E-state index in [-0.39, 0.29) is 15.6 Å². The smallest absolute Gasteiger partial charge is 0.219 e. The van der Waals surface area contributed by atoms with E-state index in [1.165, 1.54) is 61.8 Å². The van der Waals surface area contributed by atoms with Crippen molar-refractivity contribution in [3.63, 3.8) is 0 Å². The predicted molar refractivity (Wildman–Crippen MR) is 117 cm³/mol. The number of anilines is 1. The van der Waals surface area contributed by atoms with Gasteiger partial charge in [-0.15, -0.1) is 0 Å². The van der Waals surface area contributed by atoms with E-state index in [1.807, 2.05) is 0 Å². The topological polar surface area (TPSA) is 102 Å². The molecule has 0 fully saturated rings. The highest BCUT2D eigenvalue weighted by atomic mass is 79.9. The summed E-state index contributed by atoms with van der Waals surface area (Å²) in [6.45, 7) is 0.